The first-order valence-electron chi connectivity index (χ1n) is 4.85. The molecule has 15 heavy (non-hydrogen) atoms. The Balaban J connectivity index is 4.67. The third kappa shape index (κ3) is 6.42. The molecule has 0 spiro atoms. The van der Waals surface area contributed by atoms with E-state index in [1.807, 2.05) is 0 Å². The summed E-state index contributed by atoms with van der Waals surface area (Å²) in [5.41, 5.74) is 0. The van der Waals surface area contributed by atoms with Gasteiger partial charge in [0.25, 0.3) is 0 Å². The zero-order chi connectivity index (χ0) is 11.9. The fourth-order valence-corrected chi connectivity index (χ4v) is 5.86. The third-order valence-electron chi connectivity index (χ3n) is 1.49. The van der Waals surface area contributed by atoms with Crippen LogP contribution >= 0.6 is 7.60 Å². The fraction of sp³-hybridized carbons (Fsp3) is 1.00. The molecule has 0 aromatic heterocycles. The van der Waals surface area contributed by atoms with Crippen LogP contribution in [0, 0.1) is 0 Å². The first-order chi connectivity index (χ1) is 6.89. The van der Waals surface area contributed by atoms with Crippen molar-refractivity contribution < 1.29 is 27.6 Å². The summed E-state index contributed by atoms with van der Waals surface area (Å²) in [4.78, 5) is 17.9. The zero-order valence-corrected chi connectivity index (χ0v) is 11.2. The normalized spacial score (nSPS) is 13.1. The van der Waals surface area contributed by atoms with Gasteiger partial charge in [-0.3, -0.25) is 4.57 Å². The van der Waals surface area contributed by atoms with E-state index in [-0.39, 0.29) is 0 Å². The summed E-state index contributed by atoms with van der Waals surface area (Å²) in [5, 5.41) is 0. The SMILES string of the molecule is CCO[Si](CP(=O)(O)O)(OCC)OCC. The molecular formula is C7H19O6PSi. The molecule has 8 heteroatoms. The lowest BCUT2D eigenvalue weighted by Crippen LogP contribution is -2.50. The maximum atomic E-state index is 11.0. The summed E-state index contributed by atoms with van der Waals surface area (Å²) in [6.07, 6.45) is 0. The van der Waals surface area contributed by atoms with Crippen molar-refractivity contribution in [3.63, 3.8) is 0 Å². The van der Waals surface area contributed by atoms with Gasteiger partial charge in [-0.2, -0.15) is 0 Å². The molecular weight excluding hydrogens is 239 g/mol. The summed E-state index contributed by atoms with van der Waals surface area (Å²) < 4.78 is 26.8. The lowest BCUT2D eigenvalue weighted by atomic mass is 10.9. The highest BCUT2D eigenvalue weighted by atomic mass is 31.2. The fourth-order valence-electron chi connectivity index (χ4n) is 1.17. The van der Waals surface area contributed by atoms with Crippen LogP contribution in [0.15, 0.2) is 0 Å². The van der Waals surface area contributed by atoms with Gasteiger partial charge >= 0.3 is 16.4 Å². The molecule has 6 nitrogen and oxygen atoms in total. The average molecular weight is 258 g/mol. The maximum absolute atomic E-state index is 11.0. The number of hydrogen-bond donors (Lipinski definition) is 2. The molecule has 0 radical (unpaired) electrons. The Morgan fingerprint density at radius 3 is 1.53 bits per heavy atom. The van der Waals surface area contributed by atoms with Crippen LogP contribution in [-0.2, 0) is 17.8 Å². The lowest BCUT2D eigenvalue weighted by molar-refractivity contribution is 0.0755. The van der Waals surface area contributed by atoms with Crippen LogP contribution < -0.4 is 0 Å². The summed E-state index contributed by atoms with van der Waals surface area (Å²) in [5.74, 6) is -0.463. The summed E-state index contributed by atoms with van der Waals surface area (Å²) in [6, 6.07) is 0. The molecule has 0 bridgehead atoms. The Bertz CT molecular complexity index is 201. The summed E-state index contributed by atoms with van der Waals surface area (Å²) in [7, 11) is -7.38. The van der Waals surface area contributed by atoms with E-state index in [4.69, 9.17) is 23.1 Å². The molecule has 0 rings (SSSR count). The van der Waals surface area contributed by atoms with Gasteiger partial charge < -0.3 is 23.1 Å². The topological polar surface area (TPSA) is 85.2 Å². The van der Waals surface area contributed by atoms with Gasteiger partial charge in [0, 0.05) is 19.8 Å². The molecule has 2 N–H and O–H groups in total. The summed E-state index contributed by atoms with van der Waals surface area (Å²) in [6.45, 7) is 6.14. The molecule has 0 aliphatic carbocycles. The highest BCUT2D eigenvalue weighted by Crippen LogP contribution is 2.38. The van der Waals surface area contributed by atoms with Crippen molar-refractivity contribution in [3.8, 4) is 0 Å². The standard InChI is InChI=1S/C7H19O6PSi/c1-4-11-15(12-5-2,13-6-3)7-14(8,9)10/h4-7H2,1-3H3,(H2,8,9,10). The second-order valence-electron chi connectivity index (χ2n) is 2.80. The minimum Gasteiger partial charge on any atom is -0.373 e. The van der Waals surface area contributed by atoms with E-state index in [1.54, 1.807) is 20.8 Å². The molecule has 0 unspecified atom stereocenters. The molecule has 0 saturated heterocycles. The van der Waals surface area contributed by atoms with Crippen LogP contribution in [-0.4, -0.2) is 44.2 Å². The Hall–Kier alpha value is 0.247. The second kappa shape index (κ2) is 6.75. The van der Waals surface area contributed by atoms with Crippen molar-refractivity contribution in [1.29, 1.82) is 0 Å². The third-order valence-corrected chi connectivity index (χ3v) is 6.87. The monoisotopic (exact) mass is 258 g/mol. The van der Waals surface area contributed by atoms with Crippen LogP contribution in [0.4, 0.5) is 0 Å². The summed E-state index contributed by atoms with van der Waals surface area (Å²) >= 11 is 0. The highest BCUT2D eigenvalue weighted by Gasteiger charge is 2.46. The molecule has 0 aromatic rings. The van der Waals surface area contributed by atoms with Crippen molar-refractivity contribution in [1.82, 2.24) is 0 Å². The molecule has 0 aliphatic rings. The molecule has 0 amide bonds. The van der Waals surface area contributed by atoms with Crippen LogP contribution in [0.25, 0.3) is 0 Å². The predicted octanol–water partition coefficient (Wildman–Crippen LogP) is 0.752. The second-order valence-corrected chi connectivity index (χ2v) is 7.63. The number of hydrogen-bond acceptors (Lipinski definition) is 4. The van der Waals surface area contributed by atoms with Gasteiger partial charge in [-0.15, -0.1) is 0 Å². The zero-order valence-electron chi connectivity index (χ0n) is 9.30. The van der Waals surface area contributed by atoms with Gasteiger partial charge in [-0.05, 0) is 20.8 Å². The van der Waals surface area contributed by atoms with E-state index in [1.165, 1.54) is 0 Å². The van der Waals surface area contributed by atoms with Crippen LogP contribution in [0.5, 0.6) is 0 Å². The predicted molar refractivity (Wildman–Crippen MR) is 57.5 cm³/mol. The average Bonchev–Trinajstić information content (AvgIpc) is 2.01. The molecule has 0 atom stereocenters. The van der Waals surface area contributed by atoms with Crippen LogP contribution in [0.3, 0.4) is 0 Å². The molecule has 0 aliphatic heterocycles. The molecule has 92 valence electrons. The van der Waals surface area contributed by atoms with E-state index in [0.29, 0.717) is 19.8 Å². The van der Waals surface area contributed by atoms with Gasteiger partial charge in [0.15, 0.2) is 0 Å². The molecule has 0 saturated carbocycles. The van der Waals surface area contributed by atoms with Crippen molar-refractivity contribution in [2.24, 2.45) is 0 Å². The minimum atomic E-state index is -4.19. The smallest absolute Gasteiger partial charge is 0.373 e. The van der Waals surface area contributed by atoms with Crippen molar-refractivity contribution in [3.05, 3.63) is 0 Å². The van der Waals surface area contributed by atoms with Gasteiger partial charge in [0.1, 0.15) is 5.79 Å². The van der Waals surface area contributed by atoms with Gasteiger partial charge in [-0.1, -0.05) is 0 Å². The Morgan fingerprint density at radius 2 is 1.33 bits per heavy atom. The van der Waals surface area contributed by atoms with Gasteiger partial charge in [0.2, 0.25) is 0 Å². The van der Waals surface area contributed by atoms with Crippen molar-refractivity contribution in [2.75, 3.05) is 25.6 Å². The Morgan fingerprint density at radius 1 is 1.00 bits per heavy atom. The van der Waals surface area contributed by atoms with E-state index in [0.717, 1.165) is 0 Å². The first-order valence-corrected chi connectivity index (χ1v) is 8.58. The van der Waals surface area contributed by atoms with Crippen molar-refractivity contribution >= 4 is 16.4 Å². The first kappa shape index (κ1) is 15.2. The van der Waals surface area contributed by atoms with Crippen LogP contribution in [0.2, 0.25) is 0 Å². The van der Waals surface area contributed by atoms with Crippen molar-refractivity contribution in [2.45, 2.75) is 20.8 Å². The minimum absolute atomic E-state index is 0.312. The Kier molecular flexibility index (Phi) is 6.86. The molecule has 0 heterocycles. The van der Waals surface area contributed by atoms with E-state index < -0.39 is 22.2 Å². The number of rotatable bonds is 8. The largest absolute Gasteiger partial charge is 0.513 e. The van der Waals surface area contributed by atoms with Gasteiger partial charge in [0.05, 0.1) is 0 Å². The quantitative estimate of drug-likeness (QED) is 0.493. The van der Waals surface area contributed by atoms with E-state index >= 15 is 0 Å². The Labute approximate surface area is 91.1 Å². The maximum Gasteiger partial charge on any atom is 0.513 e. The van der Waals surface area contributed by atoms with E-state index in [2.05, 4.69) is 0 Å². The molecule has 0 fully saturated rings. The van der Waals surface area contributed by atoms with Crippen LogP contribution in [0.1, 0.15) is 20.8 Å². The molecule has 0 aromatic carbocycles. The highest BCUT2D eigenvalue weighted by molar-refractivity contribution is 7.54. The van der Waals surface area contributed by atoms with Gasteiger partial charge in [-0.25, -0.2) is 0 Å². The lowest BCUT2D eigenvalue weighted by Gasteiger charge is -2.28. The van der Waals surface area contributed by atoms with E-state index in [9.17, 15) is 4.57 Å².